The predicted octanol–water partition coefficient (Wildman–Crippen LogP) is 3.37. The first-order valence-electron chi connectivity index (χ1n) is 9.36. The van der Waals surface area contributed by atoms with Crippen LogP contribution in [0.25, 0.3) is 0 Å². The highest BCUT2D eigenvalue weighted by Gasteiger charge is 2.23. The molecule has 0 unspecified atom stereocenters. The van der Waals surface area contributed by atoms with E-state index in [1.54, 1.807) is 56.3 Å². The molecule has 8 heteroatoms. The van der Waals surface area contributed by atoms with Crippen molar-refractivity contribution in [1.29, 1.82) is 0 Å². The van der Waals surface area contributed by atoms with E-state index in [9.17, 15) is 9.59 Å². The molecule has 0 aliphatic carbocycles. The Kier molecular flexibility index (Phi) is 6.82. The van der Waals surface area contributed by atoms with Crippen LogP contribution in [-0.2, 0) is 9.59 Å². The number of rotatable bonds is 7. The molecule has 0 saturated heterocycles. The molecule has 0 aromatic heterocycles. The summed E-state index contributed by atoms with van der Waals surface area (Å²) >= 11 is 5.94. The number of carbonyl (C=O) groups is 2. The molecule has 2 amide bonds. The molecule has 2 aromatic carbocycles. The first-order valence-corrected chi connectivity index (χ1v) is 9.74. The van der Waals surface area contributed by atoms with E-state index in [2.05, 4.69) is 5.32 Å². The second-order valence-electron chi connectivity index (χ2n) is 6.48. The van der Waals surface area contributed by atoms with Crippen LogP contribution in [0.2, 0.25) is 5.02 Å². The van der Waals surface area contributed by atoms with Gasteiger partial charge in [0.15, 0.2) is 17.6 Å². The number of fused-ring (bicyclic) bond motifs is 1. The minimum absolute atomic E-state index is 0.0903. The van der Waals surface area contributed by atoms with Gasteiger partial charge in [0.05, 0.1) is 6.54 Å². The van der Waals surface area contributed by atoms with Gasteiger partial charge >= 0.3 is 0 Å². The molecular formula is C21H23ClN2O5. The highest BCUT2D eigenvalue weighted by Crippen LogP contribution is 2.32. The van der Waals surface area contributed by atoms with Crippen LogP contribution in [0, 0.1) is 0 Å². The van der Waals surface area contributed by atoms with Crippen LogP contribution in [0.3, 0.4) is 0 Å². The lowest BCUT2D eigenvalue weighted by Gasteiger charge is -2.24. The summed E-state index contributed by atoms with van der Waals surface area (Å²) in [4.78, 5) is 26.6. The van der Waals surface area contributed by atoms with Gasteiger partial charge in [0.25, 0.3) is 5.91 Å². The van der Waals surface area contributed by atoms with Crippen molar-refractivity contribution in [3.63, 3.8) is 0 Å². The number of hydrogen-bond donors (Lipinski definition) is 1. The van der Waals surface area contributed by atoms with Crippen LogP contribution in [-0.4, -0.2) is 49.1 Å². The summed E-state index contributed by atoms with van der Waals surface area (Å²) < 4.78 is 16.6. The lowest BCUT2D eigenvalue weighted by molar-refractivity contribution is -0.140. The van der Waals surface area contributed by atoms with Gasteiger partial charge in [-0.25, -0.2) is 0 Å². The Morgan fingerprint density at radius 1 is 1.17 bits per heavy atom. The van der Waals surface area contributed by atoms with Crippen LogP contribution in [0.15, 0.2) is 42.5 Å². The maximum absolute atomic E-state index is 12.7. The van der Waals surface area contributed by atoms with Gasteiger partial charge in [-0.05, 0) is 44.2 Å². The summed E-state index contributed by atoms with van der Waals surface area (Å²) in [5.41, 5.74) is 0.575. The average molecular weight is 419 g/mol. The van der Waals surface area contributed by atoms with Crippen LogP contribution < -0.4 is 19.5 Å². The topological polar surface area (TPSA) is 77.1 Å². The van der Waals surface area contributed by atoms with Crippen molar-refractivity contribution in [2.75, 3.05) is 31.6 Å². The fourth-order valence-electron chi connectivity index (χ4n) is 2.89. The van der Waals surface area contributed by atoms with Gasteiger partial charge in [0.1, 0.15) is 19.0 Å². The van der Waals surface area contributed by atoms with Gasteiger partial charge < -0.3 is 24.4 Å². The smallest absolute Gasteiger partial charge is 0.263 e. The molecule has 1 aliphatic rings. The number of amides is 2. The lowest BCUT2D eigenvalue weighted by Crippen LogP contribution is -2.44. The molecule has 1 atom stereocenters. The standard InChI is InChI=1S/C21H23ClN2O5/c1-3-24(21(26)14(2)29-17-6-4-5-15(22)11-17)13-20(25)23-16-7-8-18-19(12-16)28-10-9-27-18/h4-8,11-12,14H,3,9-10,13H2,1-2H3,(H,23,25)/t14-/m0/s1. The number of carbonyl (C=O) groups excluding carboxylic acids is 2. The third kappa shape index (κ3) is 5.54. The second kappa shape index (κ2) is 9.52. The number of anilines is 1. The monoisotopic (exact) mass is 418 g/mol. The Morgan fingerprint density at radius 2 is 1.93 bits per heavy atom. The maximum Gasteiger partial charge on any atom is 0.263 e. The maximum atomic E-state index is 12.7. The predicted molar refractivity (Wildman–Crippen MR) is 110 cm³/mol. The molecule has 0 bridgehead atoms. The van der Waals surface area contributed by atoms with Crippen LogP contribution in [0.1, 0.15) is 13.8 Å². The Bertz CT molecular complexity index is 889. The molecule has 1 heterocycles. The van der Waals surface area contributed by atoms with Gasteiger partial charge in [-0.1, -0.05) is 17.7 Å². The van der Waals surface area contributed by atoms with Crippen LogP contribution >= 0.6 is 11.6 Å². The van der Waals surface area contributed by atoms with E-state index < -0.39 is 6.10 Å². The number of benzene rings is 2. The van der Waals surface area contributed by atoms with Crippen molar-refractivity contribution in [3.8, 4) is 17.2 Å². The summed E-state index contributed by atoms with van der Waals surface area (Å²) in [5, 5.41) is 3.30. The van der Waals surface area contributed by atoms with Crippen molar-refractivity contribution in [2.24, 2.45) is 0 Å². The van der Waals surface area contributed by atoms with Crippen LogP contribution in [0.4, 0.5) is 5.69 Å². The van der Waals surface area contributed by atoms with E-state index in [0.717, 1.165) is 0 Å². The number of halogens is 1. The van der Waals surface area contributed by atoms with Gasteiger partial charge in [-0.2, -0.15) is 0 Å². The molecule has 1 N–H and O–H groups in total. The SMILES string of the molecule is CCN(CC(=O)Nc1ccc2c(c1)OCCO2)C(=O)[C@H](C)Oc1cccc(Cl)c1. The first kappa shape index (κ1) is 20.8. The molecule has 3 rings (SSSR count). The third-order valence-electron chi connectivity index (χ3n) is 4.31. The van der Waals surface area contributed by atoms with E-state index in [1.807, 2.05) is 0 Å². The summed E-state index contributed by atoms with van der Waals surface area (Å²) in [6, 6.07) is 12.0. The molecule has 29 heavy (non-hydrogen) atoms. The number of hydrogen-bond acceptors (Lipinski definition) is 5. The van der Waals surface area contributed by atoms with E-state index in [4.69, 9.17) is 25.8 Å². The molecule has 154 valence electrons. The summed E-state index contributed by atoms with van der Waals surface area (Å²) in [7, 11) is 0. The molecule has 1 aliphatic heterocycles. The minimum atomic E-state index is -0.754. The largest absolute Gasteiger partial charge is 0.486 e. The molecule has 0 spiro atoms. The zero-order valence-electron chi connectivity index (χ0n) is 16.3. The average Bonchev–Trinajstić information content (AvgIpc) is 2.71. The number of nitrogens with zero attached hydrogens (tertiary/aromatic N) is 1. The Labute approximate surface area is 174 Å². The van der Waals surface area contributed by atoms with Crippen molar-refractivity contribution < 1.29 is 23.8 Å². The quantitative estimate of drug-likeness (QED) is 0.746. The zero-order chi connectivity index (χ0) is 20.8. The fourth-order valence-corrected chi connectivity index (χ4v) is 3.07. The number of likely N-dealkylation sites (N-methyl/N-ethyl adjacent to an activating group) is 1. The van der Waals surface area contributed by atoms with Crippen molar-refractivity contribution in [1.82, 2.24) is 4.90 Å². The molecule has 2 aromatic rings. The summed E-state index contributed by atoms with van der Waals surface area (Å²) in [6.07, 6.45) is -0.754. The Balaban J connectivity index is 1.58. The molecule has 0 fully saturated rings. The molecular weight excluding hydrogens is 396 g/mol. The third-order valence-corrected chi connectivity index (χ3v) is 4.55. The first-order chi connectivity index (χ1) is 14.0. The van der Waals surface area contributed by atoms with E-state index >= 15 is 0 Å². The highest BCUT2D eigenvalue weighted by atomic mass is 35.5. The summed E-state index contributed by atoms with van der Waals surface area (Å²) in [6.45, 7) is 4.70. The van der Waals surface area contributed by atoms with E-state index in [1.165, 1.54) is 4.90 Å². The minimum Gasteiger partial charge on any atom is -0.486 e. The molecule has 7 nitrogen and oxygen atoms in total. The van der Waals surface area contributed by atoms with Crippen molar-refractivity contribution in [3.05, 3.63) is 47.5 Å². The second-order valence-corrected chi connectivity index (χ2v) is 6.91. The van der Waals surface area contributed by atoms with Gasteiger partial charge in [-0.3, -0.25) is 9.59 Å². The van der Waals surface area contributed by atoms with Gasteiger partial charge in [0, 0.05) is 23.3 Å². The van der Waals surface area contributed by atoms with Gasteiger partial charge in [0.2, 0.25) is 5.91 Å². The van der Waals surface area contributed by atoms with Crippen LogP contribution in [0.5, 0.6) is 17.2 Å². The number of ether oxygens (including phenoxy) is 3. The van der Waals surface area contributed by atoms with E-state index in [0.29, 0.717) is 47.7 Å². The Hall–Kier alpha value is -2.93. The molecule has 0 radical (unpaired) electrons. The Morgan fingerprint density at radius 3 is 2.66 bits per heavy atom. The normalized spacial score (nSPS) is 13.3. The summed E-state index contributed by atoms with van der Waals surface area (Å²) in [5.74, 6) is 1.12. The van der Waals surface area contributed by atoms with Crippen molar-refractivity contribution in [2.45, 2.75) is 20.0 Å². The van der Waals surface area contributed by atoms with Crippen molar-refractivity contribution >= 4 is 29.1 Å². The zero-order valence-corrected chi connectivity index (χ0v) is 17.1. The van der Waals surface area contributed by atoms with Gasteiger partial charge in [-0.15, -0.1) is 0 Å². The molecule has 0 saturated carbocycles. The highest BCUT2D eigenvalue weighted by molar-refractivity contribution is 6.30. The fraction of sp³-hybridized carbons (Fsp3) is 0.333. The number of nitrogens with one attached hydrogen (secondary N) is 1. The lowest BCUT2D eigenvalue weighted by atomic mass is 10.2. The van der Waals surface area contributed by atoms with E-state index in [-0.39, 0.29) is 18.4 Å².